The average Bonchev–Trinajstić information content (AvgIpc) is 2.92. The van der Waals surface area contributed by atoms with Crippen molar-refractivity contribution >= 4 is 29.0 Å². The van der Waals surface area contributed by atoms with Crippen molar-refractivity contribution in [1.82, 2.24) is 4.98 Å². The minimum atomic E-state index is 0.252. The molecular formula is C9H10Cl2N2O. The van der Waals surface area contributed by atoms with Crippen LogP contribution in [0.5, 0.6) is 5.88 Å². The molecular weight excluding hydrogens is 223 g/mol. The van der Waals surface area contributed by atoms with E-state index in [1.807, 2.05) is 0 Å². The number of pyridine rings is 1. The third-order valence-corrected chi connectivity index (χ3v) is 2.65. The first-order valence-electron chi connectivity index (χ1n) is 4.41. The Bertz CT molecular complexity index is 353. The molecule has 0 amide bonds. The van der Waals surface area contributed by atoms with E-state index in [4.69, 9.17) is 33.7 Å². The number of nitrogens with zero attached hydrogens (tertiary/aromatic N) is 1. The zero-order valence-electron chi connectivity index (χ0n) is 7.46. The molecule has 5 heteroatoms. The average molecular weight is 233 g/mol. The first kappa shape index (κ1) is 9.87. The van der Waals surface area contributed by atoms with Gasteiger partial charge in [0.1, 0.15) is 10.8 Å². The maximum Gasteiger partial charge on any atom is 0.234 e. The van der Waals surface area contributed by atoms with Crippen molar-refractivity contribution < 1.29 is 4.74 Å². The first-order valence-corrected chi connectivity index (χ1v) is 5.16. The second-order valence-corrected chi connectivity index (χ2v) is 4.21. The summed E-state index contributed by atoms with van der Waals surface area (Å²) in [6.45, 7) is 0.661. The maximum atomic E-state index is 5.88. The number of nitrogen functional groups attached to an aromatic ring is 1. The van der Waals surface area contributed by atoms with E-state index in [1.165, 1.54) is 12.8 Å². The van der Waals surface area contributed by atoms with Crippen LogP contribution >= 0.6 is 23.2 Å². The van der Waals surface area contributed by atoms with E-state index in [-0.39, 0.29) is 5.82 Å². The lowest BCUT2D eigenvalue weighted by Gasteiger charge is -2.07. The van der Waals surface area contributed by atoms with Crippen molar-refractivity contribution in [1.29, 1.82) is 0 Å². The van der Waals surface area contributed by atoms with E-state index in [9.17, 15) is 0 Å². The number of hydrogen-bond donors (Lipinski definition) is 1. The lowest BCUT2D eigenvalue weighted by atomic mass is 10.4. The largest absolute Gasteiger partial charge is 0.476 e. The van der Waals surface area contributed by atoms with Gasteiger partial charge in [-0.15, -0.1) is 0 Å². The minimum Gasteiger partial charge on any atom is -0.476 e. The molecule has 0 aliphatic heterocycles. The van der Waals surface area contributed by atoms with E-state index in [0.29, 0.717) is 28.5 Å². The summed E-state index contributed by atoms with van der Waals surface area (Å²) in [4.78, 5) is 3.96. The van der Waals surface area contributed by atoms with Crippen LogP contribution in [0.2, 0.25) is 10.0 Å². The Morgan fingerprint density at radius 1 is 1.43 bits per heavy atom. The van der Waals surface area contributed by atoms with Gasteiger partial charge in [-0.25, -0.2) is 0 Å². The lowest BCUT2D eigenvalue weighted by Crippen LogP contribution is -2.03. The molecule has 1 heterocycles. The van der Waals surface area contributed by atoms with Crippen molar-refractivity contribution in [3.63, 3.8) is 0 Å². The van der Waals surface area contributed by atoms with E-state index in [0.717, 1.165) is 0 Å². The molecule has 1 aromatic rings. The molecule has 0 bridgehead atoms. The minimum absolute atomic E-state index is 0.252. The summed E-state index contributed by atoms with van der Waals surface area (Å²) in [7, 11) is 0. The van der Waals surface area contributed by atoms with Crippen LogP contribution in [-0.2, 0) is 0 Å². The van der Waals surface area contributed by atoms with E-state index in [1.54, 1.807) is 6.07 Å². The molecule has 1 saturated carbocycles. The molecule has 2 N–H and O–H groups in total. The lowest BCUT2D eigenvalue weighted by molar-refractivity contribution is 0.289. The molecule has 1 fully saturated rings. The van der Waals surface area contributed by atoms with E-state index < -0.39 is 0 Å². The van der Waals surface area contributed by atoms with Gasteiger partial charge in [0.15, 0.2) is 0 Å². The molecule has 1 aliphatic rings. The molecule has 0 radical (unpaired) electrons. The highest BCUT2D eigenvalue weighted by Gasteiger charge is 2.22. The van der Waals surface area contributed by atoms with Gasteiger partial charge in [0, 0.05) is 0 Å². The normalized spacial score (nSPS) is 15.6. The van der Waals surface area contributed by atoms with Crippen molar-refractivity contribution in [2.75, 3.05) is 12.3 Å². The number of ether oxygens (including phenoxy) is 1. The van der Waals surface area contributed by atoms with Crippen LogP contribution in [0.4, 0.5) is 5.82 Å². The second-order valence-electron chi connectivity index (χ2n) is 3.40. The van der Waals surface area contributed by atoms with Crippen LogP contribution in [0.15, 0.2) is 6.07 Å². The molecule has 3 nitrogen and oxygen atoms in total. The van der Waals surface area contributed by atoms with E-state index in [2.05, 4.69) is 4.98 Å². The Morgan fingerprint density at radius 3 is 2.79 bits per heavy atom. The van der Waals surface area contributed by atoms with Gasteiger partial charge in [-0.1, -0.05) is 23.2 Å². The Balaban J connectivity index is 2.10. The standard InChI is InChI=1S/C9H10Cl2N2O/c10-6-3-7(11)9(13-8(6)12)14-4-5-1-2-5/h3,5H,1-2,4H2,(H2,12,13). The van der Waals surface area contributed by atoms with Crippen molar-refractivity contribution in [3.8, 4) is 5.88 Å². The van der Waals surface area contributed by atoms with Gasteiger partial charge in [-0.2, -0.15) is 4.98 Å². The summed E-state index contributed by atoms with van der Waals surface area (Å²) in [6, 6.07) is 1.55. The first-order chi connectivity index (χ1) is 6.66. The van der Waals surface area contributed by atoms with Gasteiger partial charge >= 0.3 is 0 Å². The number of aromatic nitrogens is 1. The third-order valence-electron chi connectivity index (χ3n) is 2.08. The molecule has 0 atom stereocenters. The summed E-state index contributed by atoms with van der Waals surface area (Å²) < 4.78 is 5.41. The second kappa shape index (κ2) is 3.83. The number of nitrogens with two attached hydrogens (primary N) is 1. The summed E-state index contributed by atoms with van der Waals surface area (Å²) >= 11 is 11.6. The Hall–Kier alpha value is -0.670. The molecule has 0 unspecified atom stereocenters. The predicted octanol–water partition coefficient (Wildman–Crippen LogP) is 2.76. The van der Waals surface area contributed by atoms with Crippen LogP contribution in [0, 0.1) is 5.92 Å². The van der Waals surface area contributed by atoms with Gasteiger partial charge in [0.2, 0.25) is 5.88 Å². The van der Waals surface area contributed by atoms with Crippen molar-refractivity contribution in [2.45, 2.75) is 12.8 Å². The van der Waals surface area contributed by atoms with Gasteiger partial charge in [-0.05, 0) is 24.8 Å². The molecule has 0 aromatic carbocycles. The van der Waals surface area contributed by atoms with Gasteiger partial charge in [-0.3, -0.25) is 0 Å². The fraction of sp³-hybridized carbons (Fsp3) is 0.444. The maximum absolute atomic E-state index is 5.88. The highest BCUT2D eigenvalue weighted by Crippen LogP contribution is 2.32. The van der Waals surface area contributed by atoms with E-state index >= 15 is 0 Å². The monoisotopic (exact) mass is 232 g/mol. The van der Waals surface area contributed by atoms with Crippen LogP contribution in [0.3, 0.4) is 0 Å². The summed E-state index contributed by atoms with van der Waals surface area (Å²) in [5.41, 5.74) is 5.53. The Kier molecular flexibility index (Phi) is 2.70. The summed E-state index contributed by atoms with van der Waals surface area (Å²) in [6.07, 6.45) is 2.45. The quantitative estimate of drug-likeness (QED) is 0.873. The SMILES string of the molecule is Nc1nc(OCC2CC2)c(Cl)cc1Cl. The van der Waals surface area contributed by atoms with Crippen LogP contribution in [0.25, 0.3) is 0 Å². The summed E-state index contributed by atoms with van der Waals surface area (Å²) in [5, 5.41) is 0.763. The highest BCUT2D eigenvalue weighted by molar-refractivity contribution is 6.36. The molecule has 1 aromatic heterocycles. The van der Waals surface area contributed by atoms with Gasteiger partial charge in [0.25, 0.3) is 0 Å². The fourth-order valence-electron chi connectivity index (χ4n) is 1.05. The van der Waals surface area contributed by atoms with Crippen LogP contribution in [-0.4, -0.2) is 11.6 Å². The molecule has 0 saturated heterocycles. The summed E-state index contributed by atoms with van der Waals surface area (Å²) in [5.74, 6) is 1.28. The zero-order chi connectivity index (χ0) is 10.1. The van der Waals surface area contributed by atoms with Gasteiger partial charge < -0.3 is 10.5 Å². The molecule has 1 aliphatic carbocycles. The zero-order valence-corrected chi connectivity index (χ0v) is 8.98. The van der Waals surface area contributed by atoms with Crippen LogP contribution < -0.4 is 10.5 Å². The molecule has 2 rings (SSSR count). The Morgan fingerprint density at radius 2 is 2.14 bits per heavy atom. The molecule has 14 heavy (non-hydrogen) atoms. The number of halogens is 2. The topological polar surface area (TPSA) is 48.1 Å². The predicted molar refractivity (Wildman–Crippen MR) is 56.9 cm³/mol. The fourth-order valence-corrected chi connectivity index (χ4v) is 1.46. The third kappa shape index (κ3) is 2.22. The Labute approximate surface area is 92.2 Å². The highest BCUT2D eigenvalue weighted by atomic mass is 35.5. The molecule has 76 valence electrons. The van der Waals surface area contributed by atoms with Crippen molar-refractivity contribution in [3.05, 3.63) is 16.1 Å². The smallest absolute Gasteiger partial charge is 0.234 e. The van der Waals surface area contributed by atoms with Gasteiger partial charge in [0.05, 0.1) is 11.6 Å². The van der Waals surface area contributed by atoms with Crippen molar-refractivity contribution in [2.24, 2.45) is 5.92 Å². The number of hydrogen-bond acceptors (Lipinski definition) is 3. The number of anilines is 1. The molecule has 0 spiro atoms. The van der Waals surface area contributed by atoms with Crippen LogP contribution in [0.1, 0.15) is 12.8 Å². The number of rotatable bonds is 3.